The summed E-state index contributed by atoms with van der Waals surface area (Å²) in [5.41, 5.74) is 1.15. The fourth-order valence-electron chi connectivity index (χ4n) is 3.37. The molecule has 0 aliphatic carbocycles. The van der Waals surface area contributed by atoms with Crippen molar-refractivity contribution in [2.24, 2.45) is 5.92 Å². The molecule has 3 N–H and O–H groups in total. The molecule has 10 heteroatoms. The third kappa shape index (κ3) is 7.53. The van der Waals surface area contributed by atoms with Crippen LogP contribution in [-0.2, 0) is 16.1 Å². The number of benzene rings is 1. The van der Waals surface area contributed by atoms with Crippen LogP contribution in [0.25, 0.3) is 10.9 Å². The van der Waals surface area contributed by atoms with Crippen molar-refractivity contribution < 1.29 is 18.7 Å². The molecule has 2 amide bonds. The van der Waals surface area contributed by atoms with Gasteiger partial charge in [0.15, 0.2) is 0 Å². The van der Waals surface area contributed by atoms with Gasteiger partial charge in [0.25, 0.3) is 6.01 Å². The van der Waals surface area contributed by atoms with Crippen molar-refractivity contribution in [3.8, 4) is 0 Å². The molecule has 0 saturated heterocycles. The van der Waals surface area contributed by atoms with E-state index in [4.69, 9.17) is 9.15 Å². The van der Waals surface area contributed by atoms with Crippen molar-refractivity contribution in [1.29, 1.82) is 0 Å². The summed E-state index contributed by atoms with van der Waals surface area (Å²) in [5.74, 6) is -0.109. The molecule has 0 fully saturated rings. The Bertz CT molecular complexity index is 1250. The fourth-order valence-corrected chi connectivity index (χ4v) is 3.37. The minimum Gasteiger partial charge on any atom is -0.444 e. The van der Waals surface area contributed by atoms with Gasteiger partial charge in [-0.2, -0.15) is 4.98 Å². The monoisotopic (exact) mass is 481 g/mol. The number of carbonyl (C=O) groups is 2. The fraction of sp³-hybridized carbons (Fsp3) is 0.400. The zero-order valence-electron chi connectivity index (χ0n) is 20.6. The smallest absolute Gasteiger partial charge is 0.412 e. The Hall–Kier alpha value is -3.95. The maximum atomic E-state index is 12.7. The molecule has 3 aromatic rings. The third-order valence-electron chi connectivity index (χ3n) is 5.07. The van der Waals surface area contributed by atoms with Crippen molar-refractivity contribution >= 4 is 34.6 Å². The normalized spacial score (nSPS) is 12.1. The number of amides is 2. The first-order valence-electron chi connectivity index (χ1n) is 11.4. The average molecular weight is 482 g/mol. The molecule has 1 atom stereocenters. The minimum absolute atomic E-state index is 0.0302. The molecule has 0 radical (unpaired) electrons. The van der Waals surface area contributed by atoms with E-state index in [1.165, 1.54) is 0 Å². The molecule has 0 aliphatic rings. The second-order valence-electron chi connectivity index (χ2n) is 9.39. The molecule has 0 saturated carbocycles. The van der Waals surface area contributed by atoms with Gasteiger partial charge >= 0.3 is 11.7 Å². The summed E-state index contributed by atoms with van der Waals surface area (Å²) in [6, 6.07) is 7.05. The van der Waals surface area contributed by atoms with Crippen LogP contribution >= 0.6 is 0 Å². The van der Waals surface area contributed by atoms with E-state index in [9.17, 15) is 14.4 Å². The Labute approximate surface area is 203 Å². The number of aryl methyl sites for hydroxylation is 1. The highest BCUT2D eigenvalue weighted by Crippen LogP contribution is 2.24. The van der Waals surface area contributed by atoms with Crippen molar-refractivity contribution in [3.05, 3.63) is 58.2 Å². The number of anilines is 2. The number of pyridine rings is 1. The molecule has 1 unspecified atom stereocenters. The first-order chi connectivity index (χ1) is 16.5. The Balaban J connectivity index is 1.60. The van der Waals surface area contributed by atoms with Gasteiger partial charge in [-0.1, -0.05) is 6.92 Å². The molecule has 0 aliphatic heterocycles. The van der Waals surface area contributed by atoms with E-state index < -0.39 is 17.3 Å². The van der Waals surface area contributed by atoms with E-state index in [-0.39, 0.29) is 23.2 Å². The molecule has 3 rings (SSSR count). The molecule has 2 heterocycles. The van der Waals surface area contributed by atoms with E-state index >= 15 is 0 Å². The molecule has 186 valence electrons. The SMILES string of the molecule is Cc1c(NC(=O)OC(C)(C)C)ccc2nc(NCC(C)CC(=O)NCc3ccncc3)oc(=O)c12. The quantitative estimate of drug-likeness (QED) is 0.439. The lowest BCUT2D eigenvalue weighted by Gasteiger charge is -2.20. The minimum atomic E-state index is -0.645. The van der Waals surface area contributed by atoms with E-state index in [2.05, 4.69) is 25.9 Å². The first kappa shape index (κ1) is 25.7. The molecule has 10 nitrogen and oxygen atoms in total. The summed E-state index contributed by atoms with van der Waals surface area (Å²) in [6.07, 6.45) is 3.04. The highest BCUT2D eigenvalue weighted by Gasteiger charge is 2.19. The second kappa shape index (κ2) is 11.0. The number of nitrogens with one attached hydrogen (secondary N) is 3. The van der Waals surface area contributed by atoms with Crippen molar-refractivity contribution in [2.45, 2.75) is 53.2 Å². The maximum absolute atomic E-state index is 12.7. The molecule has 1 aromatic carbocycles. The molecule has 0 bridgehead atoms. The predicted octanol–water partition coefficient (Wildman–Crippen LogP) is 3.99. The van der Waals surface area contributed by atoms with Gasteiger partial charge in [-0.3, -0.25) is 15.1 Å². The van der Waals surface area contributed by atoms with Crippen molar-refractivity contribution in [3.63, 3.8) is 0 Å². The van der Waals surface area contributed by atoms with Crippen molar-refractivity contribution in [1.82, 2.24) is 15.3 Å². The van der Waals surface area contributed by atoms with E-state index in [1.807, 2.05) is 19.1 Å². The number of fused-ring (bicyclic) bond motifs is 1. The highest BCUT2D eigenvalue weighted by molar-refractivity contribution is 5.93. The summed E-state index contributed by atoms with van der Waals surface area (Å²) in [7, 11) is 0. The van der Waals surface area contributed by atoms with E-state index in [0.717, 1.165) is 5.56 Å². The Morgan fingerprint density at radius 2 is 1.86 bits per heavy atom. The lowest BCUT2D eigenvalue weighted by Crippen LogP contribution is -2.27. The Kier molecular flexibility index (Phi) is 8.06. The number of rotatable bonds is 8. The Morgan fingerprint density at radius 3 is 2.54 bits per heavy atom. The van der Waals surface area contributed by atoms with E-state index in [1.54, 1.807) is 52.2 Å². The van der Waals surface area contributed by atoms with Crippen LogP contribution in [0.3, 0.4) is 0 Å². The highest BCUT2D eigenvalue weighted by atomic mass is 16.6. The Morgan fingerprint density at radius 1 is 1.14 bits per heavy atom. The number of nitrogens with zero attached hydrogens (tertiary/aromatic N) is 2. The van der Waals surface area contributed by atoms with Crippen LogP contribution in [-0.4, -0.2) is 34.1 Å². The number of aromatic nitrogens is 2. The summed E-state index contributed by atoms with van der Waals surface area (Å²) in [5, 5.41) is 8.79. The summed E-state index contributed by atoms with van der Waals surface area (Å²) >= 11 is 0. The summed E-state index contributed by atoms with van der Waals surface area (Å²) < 4.78 is 10.6. The first-order valence-corrected chi connectivity index (χ1v) is 11.4. The van der Waals surface area contributed by atoms with Gasteiger partial charge in [0, 0.05) is 37.6 Å². The van der Waals surface area contributed by atoms with Crippen LogP contribution in [0.15, 0.2) is 45.9 Å². The van der Waals surface area contributed by atoms with Gasteiger partial charge in [0.2, 0.25) is 5.91 Å². The van der Waals surface area contributed by atoms with Crippen LogP contribution in [0.1, 0.15) is 45.2 Å². The number of hydrogen-bond acceptors (Lipinski definition) is 8. The summed E-state index contributed by atoms with van der Waals surface area (Å²) in [4.78, 5) is 45.3. The van der Waals surface area contributed by atoms with Gasteiger partial charge in [-0.25, -0.2) is 9.59 Å². The van der Waals surface area contributed by atoms with Gasteiger partial charge in [0.1, 0.15) is 5.60 Å². The van der Waals surface area contributed by atoms with Gasteiger partial charge in [-0.05, 0) is 69.0 Å². The largest absolute Gasteiger partial charge is 0.444 e. The topological polar surface area (TPSA) is 135 Å². The predicted molar refractivity (Wildman–Crippen MR) is 133 cm³/mol. The number of carbonyl (C=O) groups excluding carboxylic acids is 2. The van der Waals surface area contributed by atoms with Crippen LogP contribution in [0, 0.1) is 12.8 Å². The number of hydrogen-bond donors (Lipinski definition) is 3. The molecule has 0 spiro atoms. The lowest BCUT2D eigenvalue weighted by atomic mass is 10.1. The van der Waals surface area contributed by atoms with Crippen LogP contribution < -0.4 is 21.6 Å². The van der Waals surface area contributed by atoms with Crippen LogP contribution in [0.5, 0.6) is 0 Å². The molecular weight excluding hydrogens is 450 g/mol. The van der Waals surface area contributed by atoms with Gasteiger partial charge < -0.3 is 19.8 Å². The second-order valence-corrected chi connectivity index (χ2v) is 9.39. The van der Waals surface area contributed by atoms with Crippen LogP contribution in [0.2, 0.25) is 0 Å². The zero-order valence-corrected chi connectivity index (χ0v) is 20.6. The number of ether oxygens (including phenoxy) is 1. The van der Waals surface area contributed by atoms with Gasteiger partial charge in [0.05, 0.1) is 10.9 Å². The van der Waals surface area contributed by atoms with Gasteiger partial charge in [-0.15, -0.1) is 0 Å². The zero-order chi connectivity index (χ0) is 25.6. The van der Waals surface area contributed by atoms with Crippen molar-refractivity contribution in [2.75, 3.05) is 17.2 Å². The average Bonchev–Trinajstić information content (AvgIpc) is 2.77. The molecular formula is C25H31N5O5. The molecule has 35 heavy (non-hydrogen) atoms. The third-order valence-corrected chi connectivity index (χ3v) is 5.07. The standard InChI is InChI=1S/C25H31N5O5/c1-15(12-20(31)27-14-17-8-10-26-11-9-17)13-28-23-29-19-7-6-18(16(2)21(19)22(32)34-23)30-24(33)35-25(3,4)5/h6-11,15H,12-14H2,1-5H3,(H,27,31)(H,28,29)(H,30,33). The molecule has 2 aromatic heterocycles. The maximum Gasteiger partial charge on any atom is 0.412 e. The lowest BCUT2D eigenvalue weighted by molar-refractivity contribution is -0.122. The van der Waals surface area contributed by atoms with Crippen LogP contribution in [0.4, 0.5) is 16.5 Å². The summed E-state index contributed by atoms with van der Waals surface area (Å²) in [6.45, 7) is 9.74. The van der Waals surface area contributed by atoms with E-state index in [0.29, 0.717) is 36.3 Å².